The van der Waals surface area contributed by atoms with E-state index in [1.165, 1.54) is 10.6 Å². The van der Waals surface area contributed by atoms with Crippen molar-refractivity contribution < 1.29 is 4.84 Å². The van der Waals surface area contributed by atoms with Gasteiger partial charge in [0.05, 0.1) is 22.7 Å². The third-order valence-electron chi connectivity index (χ3n) is 3.62. The topological polar surface area (TPSA) is 26.5 Å². The molecule has 1 aliphatic heterocycles. The second kappa shape index (κ2) is 5.22. The van der Waals surface area contributed by atoms with Crippen LogP contribution in [0.25, 0.3) is 10.6 Å². The molecule has 3 aromatic rings. The fourth-order valence-corrected chi connectivity index (χ4v) is 3.35. The zero-order chi connectivity index (χ0) is 14.1. The second-order valence-corrected chi connectivity index (χ2v) is 5.89. The van der Waals surface area contributed by atoms with Crippen molar-refractivity contribution in [1.29, 1.82) is 0 Å². The zero-order valence-electron chi connectivity index (χ0n) is 11.3. The van der Waals surface area contributed by atoms with Gasteiger partial charge in [0.15, 0.2) is 0 Å². The van der Waals surface area contributed by atoms with E-state index in [0.717, 1.165) is 17.7 Å². The molecular weight excluding hydrogens is 280 g/mol. The van der Waals surface area contributed by atoms with Crippen molar-refractivity contribution in [2.45, 2.75) is 12.6 Å². The van der Waals surface area contributed by atoms with Crippen LogP contribution in [-0.4, -0.2) is 10.3 Å². The first-order valence-electron chi connectivity index (χ1n) is 6.90. The summed E-state index contributed by atoms with van der Waals surface area (Å²) in [5.41, 5.74) is 3.32. The Morgan fingerprint density at radius 3 is 2.76 bits per heavy atom. The Morgan fingerprint density at radius 1 is 1.05 bits per heavy atom. The van der Waals surface area contributed by atoms with Crippen LogP contribution < -0.4 is 0 Å². The maximum absolute atomic E-state index is 5.66. The van der Waals surface area contributed by atoms with Gasteiger partial charge in [0.2, 0.25) is 6.23 Å². The molecule has 3 heterocycles. The molecule has 0 saturated carbocycles. The van der Waals surface area contributed by atoms with E-state index < -0.39 is 0 Å². The average Bonchev–Trinajstić information content (AvgIpc) is 3.27. The molecule has 4 rings (SSSR count). The van der Waals surface area contributed by atoms with E-state index in [1.807, 2.05) is 18.2 Å². The molecular formula is C17H14N2OS. The fraction of sp³-hybridized carbons (Fsp3) is 0.118. The lowest BCUT2D eigenvalue weighted by atomic mass is 10.1. The first kappa shape index (κ1) is 12.4. The third kappa shape index (κ3) is 2.28. The molecule has 0 amide bonds. The summed E-state index contributed by atoms with van der Waals surface area (Å²) in [6.07, 6.45) is 2.78. The highest BCUT2D eigenvalue weighted by Gasteiger charge is 2.25. The van der Waals surface area contributed by atoms with E-state index in [-0.39, 0.29) is 6.23 Å². The van der Waals surface area contributed by atoms with E-state index in [4.69, 9.17) is 4.84 Å². The van der Waals surface area contributed by atoms with Crippen LogP contribution in [0.1, 0.15) is 18.2 Å². The molecule has 0 unspecified atom stereocenters. The minimum absolute atomic E-state index is 0.0627. The van der Waals surface area contributed by atoms with Crippen LogP contribution in [0.15, 0.2) is 71.3 Å². The van der Waals surface area contributed by atoms with Gasteiger partial charge in [-0.1, -0.05) is 41.6 Å². The number of oxime groups is 1. The smallest absolute Gasteiger partial charge is 0.209 e. The van der Waals surface area contributed by atoms with E-state index in [2.05, 4.69) is 57.7 Å². The highest BCUT2D eigenvalue weighted by molar-refractivity contribution is 7.13. The Kier molecular flexibility index (Phi) is 3.09. The van der Waals surface area contributed by atoms with Gasteiger partial charge < -0.3 is 9.40 Å². The van der Waals surface area contributed by atoms with Crippen molar-refractivity contribution in [3.8, 4) is 10.6 Å². The van der Waals surface area contributed by atoms with Crippen molar-refractivity contribution in [2.24, 2.45) is 5.16 Å². The van der Waals surface area contributed by atoms with Gasteiger partial charge >= 0.3 is 0 Å². The minimum Gasteiger partial charge on any atom is -0.369 e. The summed E-state index contributed by atoms with van der Waals surface area (Å²) in [6, 6.07) is 18.6. The van der Waals surface area contributed by atoms with Crippen LogP contribution in [0.5, 0.6) is 0 Å². The van der Waals surface area contributed by atoms with Gasteiger partial charge in [0.1, 0.15) is 0 Å². The van der Waals surface area contributed by atoms with Crippen molar-refractivity contribution in [3.05, 3.63) is 71.7 Å². The van der Waals surface area contributed by atoms with Gasteiger partial charge in [-0.05, 0) is 29.1 Å². The highest BCUT2D eigenvalue weighted by Crippen LogP contribution is 2.32. The highest BCUT2D eigenvalue weighted by atomic mass is 32.1. The van der Waals surface area contributed by atoms with Gasteiger partial charge in [-0.15, -0.1) is 11.3 Å². The molecule has 3 nitrogen and oxygen atoms in total. The number of aromatic nitrogens is 1. The average molecular weight is 294 g/mol. The quantitative estimate of drug-likeness (QED) is 0.696. The lowest BCUT2D eigenvalue weighted by Crippen LogP contribution is -2.09. The molecule has 0 bridgehead atoms. The number of nitrogens with zero attached hydrogens (tertiary/aromatic N) is 2. The Labute approximate surface area is 127 Å². The summed E-state index contributed by atoms with van der Waals surface area (Å²) in [6.45, 7) is 0. The molecule has 1 atom stereocenters. The minimum atomic E-state index is -0.0627. The van der Waals surface area contributed by atoms with Gasteiger partial charge in [0, 0.05) is 6.20 Å². The number of thiophene rings is 1. The monoisotopic (exact) mass is 294 g/mol. The first-order chi connectivity index (χ1) is 10.4. The van der Waals surface area contributed by atoms with Crippen LogP contribution in [0.4, 0.5) is 0 Å². The Bertz CT molecular complexity index is 759. The van der Waals surface area contributed by atoms with E-state index in [1.54, 1.807) is 11.3 Å². The molecule has 21 heavy (non-hydrogen) atoms. The summed E-state index contributed by atoms with van der Waals surface area (Å²) in [7, 11) is 0. The van der Waals surface area contributed by atoms with Crippen LogP contribution in [0.2, 0.25) is 0 Å². The Hall–Kier alpha value is -2.33. The molecule has 0 N–H and O–H groups in total. The Balaban J connectivity index is 1.60. The normalized spacial score (nSPS) is 17.5. The molecule has 0 radical (unpaired) electrons. The summed E-state index contributed by atoms with van der Waals surface area (Å²) in [4.78, 5) is 6.91. The van der Waals surface area contributed by atoms with Crippen LogP contribution in [0, 0.1) is 0 Å². The van der Waals surface area contributed by atoms with Gasteiger partial charge in [0.25, 0.3) is 0 Å². The number of rotatable bonds is 3. The van der Waals surface area contributed by atoms with Crippen molar-refractivity contribution >= 4 is 17.0 Å². The summed E-state index contributed by atoms with van der Waals surface area (Å²) < 4.78 is 2.16. The van der Waals surface area contributed by atoms with Crippen molar-refractivity contribution in [2.75, 3.05) is 0 Å². The lowest BCUT2D eigenvalue weighted by molar-refractivity contribution is 0.0338. The Morgan fingerprint density at radius 2 is 1.95 bits per heavy atom. The number of hydrogen-bond donors (Lipinski definition) is 0. The largest absolute Gasteiger partial charge is 0.369 e. The molecule has 0 aliphatic carbocycles. The fourth-order valence-electron chi connectivity index (χ4n) is 2.59. The molecule has 0 fully saturated rings. The molecule has 0 spiro atoms. The predicted molar refractivity (Wildman–Crippen MR) is 85.5 cm³/mol. The maximum Gasteiger partial charge on any atom is 0.209 e. The van der Waals surface area contributed by atoms with Crippen molar-refractivity contribution in [3.63, 3.8) is 0 Å². The summed E-state index contributed by atoms with van der Waals surface area (Å²) in [5.74, 6) is 0. The van der Waals surface area contributed by atoms with Gasteiger partial charge in [-0.2, -0.15) is 0 Å². The molecule has 4 heteroatoms. The second-order valence-electron chi connectivity index (χ2n) is 4.95. The van der Waals surface area contributed by atoms with Crippen LogP contribution in [0.3, 0.4) is 0 Å². The molecule has 0 saturated heterocycles. The van der Waals surface area contributed by atoms with E-state index in [0.29, 0.717) is 0 Å². The third-order valence-corrected chi connectivity index (χ3v) is 4.51. The predicted octanol–water partition coefficient (Wildman–Crippen LogP) is 4.54. The maximum atomic E-state index is 5.66. The van der Waals surface area contributed by atoms with Crippen molar-refractivity contribution in [1.82, 2.24) is 4.57 Å². The van der Waals surface area contributed by atoms with E-state index >= 15 is 0 Å². The lowest BCUT2D eigenvalue weighted by Gasteiger charge is -2.13. The molecule has 1 aliphatic rings. The molecule has 104 valence electrons. The zero-order valence-corrected chi connectivity index (χ0v) is 12.2. The van der Waals surface area contributed by atoms with E-state index in [9.17, 15) is 0 Å². The first-order valence-corrected chi connectivity index (χ1v) is 7.78. The molecule has 1 aromatic carbocycles. The van der Waals surface area contributed by atoms with Gasteiger partial charge in [-0.3, -0.25) is 0 Å². The molecule has 2 aromatic heterocycles. The summed E-state index contributed by atoms with van der Waals surface area (Å²) >= 11 is 1.74. The summed E-state index contributed by atoms with van der Waals surface area (Å²) in [5, 5.41) is 6.36. The SMILES string of the molecule is c1ccc(C2=NO[C@H](n3cccc3-c3cccs3)C2)cc1. The standard InChI is InChI=1S/C17H14N2OS/c1-2-6-13(7-3-1)14-12-17(20-18-14)19-10-4-8-15(19)16-9-5-11-21-16/h1-11,17H,12H2/t17-/m0/s1. The number of hydrogen-bond acceptors (Lipinski definition) is 3. The van der Waals surface area contributed by atoms with Crippen LogP contribution >= 0.6 is 11.3 Å². The van der Waals surface area contributed by atoms with Crippen LogP contribution in [-0.2, 0) is 4.84 Å². The number of benzene rings is 1. The van der Waals surface area contributed by atoms with Gasteiger partial charge in [-0.25, -0.2) is 0 Å².